The number of halogens is 4. The molecule has 2 aliphatic heterocycles. The predicted octanol–water partition coefficient (Wildman–Crippen LogP) is 5.03. The number of nitrogens with zero attached hydrogens (tertiary/aromatic N) is 1. The molecule has 1 unspecified atom stereocenters. The monoisotopic (exact) mass is 465 g/mol. The van der Waals surface area contributed by atoms with Gasteiger partial charge in [-0.15, -0.1) is 0 Å². The molecule has 2 aliphatic rings. The molecule has 180 valence electrons. The summed E-state index contributed by atoms with van der Waals surface area (Å²) in [6.07, 6.45) is -3.87. The first kappa shape index (κ1) is 23.8. The highest BCUT2D eigenvalue weighted by Crippen LogP contribution is 2.39. The van der Waals surface area contributed by atoms with Crippen LogP contribution in [0.4, 0.5) is 23.2 Å². The van der Waals surface area contributed by atoms with Gasteiger partial charge in [-0.3, -0.25) is 9.29 Å². The van der Waals surface area contributed by atoms with Crippen molar-refractivity contribution in [3.05, 3.63) is 59.2 Å². The van der Waals surface area contributed by atoms with Crippen molar-refractivity contribution in [1.82, 2.24) is 10.2 Å². The summed E-state index contributed by atoms with van der Waals surface area (Å²) in [4.78, 5) is 2.24. The maximum absolute atomic E-state index is 13.1. The predicted molar refractivity (Wildman–Crippen MR) is 121 cm³/mol. The van der Waals surface area contributed by atoms with Crippen molar-refractivity contribution in [2.45, 2.75) is 50.6 Å². The molecule has 0 amide bonds. The molecule has 0 aromatic heterocycles. The molecule has 4 nitrogen and oxygen atoms in total. The van der Waals surface area contributed by atoms with Crippen LogP contribution in [0.25, 0.3) is 0 Å². The van der Waals surface area contributed by atoms with Gasteiger partial charge in [0.1, 0.15) is 12.4 Å². The van der Waals surface area contributed by atoms with Crippen LogP contribution in [0.5, 0.6) is 5.75 Å². The maximum atomic E-state index is 13.1. The van der Waals surface area contributed by atoms with E-state index in [1.807, 2.05) is 30.3 Å². The van der Waals surface area contributed by atoms with Gasteiger partial charge in [0, 0.05) is 37.4 Å². The highest BCUT2D eigenvalue weighted by Gasteiger charge is 2.42. The van der Waals surface area contributed by atoms with Crippen molar-refractivity contribution in [2.75, 3.05) is 38.2 Å². The molecule has 0 saturated carbocycles. The van der Waals surface area contributed by atoms with Gasteiger partial charge in [-0.25, -0.2) is 0 Å². The van der Waals surface area contributed by atoms with Crippen molar-refractivity contribution in [3.63, 3.8) is 0 Å². The molecule has 2 aromatic carbocycles. The van der Waals surface area contributed by atoms with Crippen LogP contribution < -0.4 is 15.4 Å². The number of hydrogen-bond donors (Lipinski definition) is 2. The summed E-state index contributed by atoms with van der Waals surface area (Å²) in [5.74, 6) is 0.662. The molecule has 2 heterocycles. The summed E-state index contributed by atoms with van der Waals surface area (Å²) in [5.41, 5.74) is 2.53. The first-order valence-corrected chi connectivity index (χ1v) is 11.5. The van der Waals surface area contributed by atoms with Gasteiger partial charge in [0.05, 0.1) is 19.1 Å². The summed E-state index contributed by atoms with van der Waals surface area (Å²) in [7, 11) is 0. The largest absolute Gasteiger partial charge is 0.489 e. The Kier molecular flexibility index (Phi) is 7.14. The zero-order valence-corrected chi connectivity index (χ0v) is 18.9. The third kappa shape index (κ3) is 6.18. The molecular formula is C25H31F4N3O. The second-order valence-electron chi connectivity index (χ2n) is 9.25. The minimum Gasteiger partial charge on any atom is -0.489 e. The number of ether oxygens (including phenoxy) is 1. The van der Waals surface area contributed by atoms with Crippen LogP contribution in [0, 0.1) is 0 Å². The fourth-order valence-corrected chi connectivity index (χ4v) is 4.76. The molecule has 1 fully saturated rings. The van der Waals surface area contributed by atoms with Crippen molar-refractivity contribution < 1.29 is 22.3 Å². The maximum Gasteiger partial charge on any atom is 0.391 e. The van der Waals surface area contributed by atoms with Crippen LogP contribution in [-0.2, 0) is 18.6 Å². The number of alkyl halides is 4. The molecule has 8 heteroatoms. The second-order valence-corrected chi connectivity index (χ2v) is 9.25. The Morgan fingerprint density at radius 1 is 1.15 bits per heavy atom. The van der Waals surface area contributed by atoms with E-state index in [2.05, 4.69) is 15.5 Å². The van der Waals surface area contributed by atoms with Crippen LogP contribution in [0.3, 0.4) is 0 Å². The minimum atomic E-state index is -4.24. The molecule has 4 rings (SSSR count). The zero-order chi connectivity index (χ0) is 23.5. The summed E-state index contributed by atoms with van der Waals surface area (Å²) in [6, 6.07) is 13.8. The molecule has 33 heavy (non-hydrogen) atoms. The van der Waals surface area contributed by atoms with E-state index in [-0.39, 0.29) is 6.67 Å². The molecule has 1 atom stereocenters. The average molecular weight is 466 g/mol. The lowest BCUT2D eigenvalue weighted by Gasteiger charge is -2.40. The van der Waals surface area contributed by atoms with E-state index in [0.29, 0.717) is 43.3 Å². The average Bonchev–Trinajstić information content (AvgIpc) is 2.73. The lowest BCUT2D eigenvalue weighted by molar-refractivity contribution is -0.150. The van der Waals surface area contributed by atoms with Gasteiger partial charge in [0.15, 0.2) is 0 Å². The Labute approximate surface area is 192 Å². The van der Waals surface area contributed by atoms with E-state index in [4.69, 9.17) is 4.74 Å². The van der Waals surface area contributed by atoms with Gasteiger partial charge in [-0.2, -0.15) is 13.2 Å². The smallest absolute Gasteiger partial charge is 0.391 e. The molecule has 0 radical (unpaired) electrons. The van der Waals surface area contributed by atoms with Gasteiger partial charge >= 0.3 is 6.18 Å². The molecule has 0 aliphatic carbocycles. The normalized spacial score (nSPS) is 21.4. The Hall–Kier alpha value is -2.32. The van der Waals surface area contributed by atoms with Gasteiger partial charge in [-0.1, -0.05) is 18.2 Å². The number of anilines is 1. The molecule has 1 saturated heterocycles. The SMILES string of the molecule is CC1(CC(F)(F)F)NCCc2cc(OCc3ccc(NC4CN(CCCF)C4)cc3)ccc21. The lowest BCUT2D eigenvalue weighted by atomic mass is 9.81. The van der Waals surface area contributed by atoms with Gasteiger partial charge in [0.2, 0.25) is 0 Å². The Morgan fingerprint density at radius 3 is 2.61 bits per heavy atom. The Morgan fingerprint density at radius 2 is 1.91 bits per heavy atom. The number of nitrogens with one attached hydrogen (secondary N) is 2. The van der Waals surface area contributed by atoms with Crippen LogP contribution >= 0.6 is 0 Å². The first-order chi connectivity index (χ1) is 15.7. The third-order valence-corrected chi connectivity index (χ3v) is 6.43. The van der Waals surface area contributed by atoms with Crippen LogP contribution in [0.15, 0.2) is 42.5 Å². The fraction of sp³-hybridized carbons (Fsp3) is 0.520. The standard InChI is InChI=1S/C25H31F4N3O/c1-24(17-25(27,28)29)23-8-7-22(13-19(23)9-11-30-24)33-16-18-3-5-20(6-4-18)31-21-14-32(15-21)12-2-10-26/h3-8,13,21,30-31H,2,9-12,14-17H2,1H3. The van der Waals surface area contributed by atoms with Crippen LogP contribution in [-0.4, -0.2) is 50.0 Å². The molecular weight excluding hydrogens is 434 g/mol. The van der Waals surface area contributed by atoms with E-state index in [0.717, 1.165) is 36.4 Å². The topological polar surface area (TPSA) is 36.5 Å². The zero-order valence-electron chi connectivity index (χ0n) is 18.9. The molecule has 2 aromatic rings. The van der Waals surface area contributed by atoms with Gasteiger partial charge < -0.3 is 15.4 Å². The van der Waals surface area contributed by atoms with E-state index < -0.39 is 18.1 Å². The highest BCUT2D eigenvalue weighted by molar-refractivity contribution is 5.46. The number of rotatable bonds is 9. The fourth-order valence-electron chi connectivity index (χ4n) is 4.76. The summed E-state index contributed by atoms with van der Waals surface area (Å²) >= 11 is 0. The van der Waals surface area contributed by atoms with Crippen LogP contribution in [0.1, 0.15) is 36.5 Å². The van der Waals surface area contributed by atoms with Crippen molar-refractivity contribution in [1.29, 1.82) is 0 Å². The summed E-state index contributed by atoms with van der Waals surface area (Å²) < 4.78 is 57.4. The van der Waals surface area contributed by atoms with E-state index in [9.17, 15) is 17.6 Å². The third-order valence-electron chi connectivity index (χ3n) is 6.43. The van der Waals surface area contributed by atoms with Crippen molar-refractivity contribution >= 4 is 5.69 Å². The van der Waals surface area contributed by atoms with E-state index >= 15 is 0 Å². The summed E-state index contributed by atoms with van der Waals surface area (Å²) in [6.45, 7) is 4.91. The molecule has 0 bridgehead atoms. The van der Waals surface area contributed by atoms with E-state index in [1.165, 1.54) is 0 Å². The van der Waals surface area contributed by atoms with E-state index in [1.54, 1.807) is 19.1 Å². The number of hydrogen-bond acceptors (Lipinski definition) is 4. The van der Waals surface area contributed by atoms with Gasteiger partial charge in [-0.05, 0) is 60.7 Å². The van der Waals surface area contributed by atoms with Crippen molar-refractivity contribution in [2.24, 2.45) is 0 Å². The summed E-state index contributed by atoms with van der Waals surface area (Å²) in [5, 5.41) is 6.52. The number of fused-ring (bicyclic) bond motifs is 1. The highest BCUT2D eigenvalue weighted by atomic mass is 19.4. The second kappa shape index (κ2) is 9.89. The lowest BCUT2D eigenvalue weighted by Crippen LogP contribution is -2.54. The Balaban J connectivity index is 1.30. The number of likely N-dealkylation sites (tertiary alicyclic amines) is 1. The molecule has 2 N–H and O–H groups in total. The quantitative estimate of drug-likeness (QED) is 0.509. The minimum absolute atomic E-state index is 0.266. The first-order valence-electron chi connectivity index (χ1n) is 11.5. The van der Waals surface area contributed by atoms with Gasteiger partial charge in [0.25, 0.3) is 0 Å². The Bertz CT molecular complexity index is 928. The van der Waals surface area contributed by atoms with Crippen LogP contribution in [0.2, 0.25) is 0 Å². The molecule has 0 spiro atoms. The van der Waals surface area contributed by atoms with Crippen molar-refractivity contribution in [3.8, 4) is 5.75 Å². The number of benzene rings is 2.